The second-order valence-corrected chi connectivity index (χ2v) is 4.23. The number of rotatable bonds is 2. The zero-order valence-corrected chi connectivity index (χ0v) is 11.0. The molecule has 0 aliphatic carbocycles. The number of benzene rings is 2. The van der Waals surface area contributed by atoms with E-state index in [4.69, 9.17) is 21.7 Å². The molecule has 0 saturated carbocycles. The third-order valence-corrected chi connectivity index (χ3v) is 2.78. The molecule has 0 unspecified atom stereocenters. The van der Waals surface area contributed by atoms with Gasteiger partial charge in [0.25, 0.3) is 0 Å². The number of nitriles is 2. The lowest BCUT2D eigenvalue weighted by molar-refractivity contribution is 1.38. The fraction of sp³-hybridized carbons (Fsp3) is 0. The van der Waals surface area contributed by atoms with Gasteiger partial charge in [0, 0.05) is 11.1 Å². The molecule has 0 aromatic heterocycles. The smallest absolute Gasteiger partial charge is 0.154 e. The van der Waals surface area contributed by atoms with E-state index in [9.17, 15) is 0 Å². The van der Waals surface area contributed by atoms with Crippen LogP contribution < -0.4 is 5.73 Å². The number of hydrogen-bond acceptors (Lipinski definition) is 3. The van der Waals surface area contributed by atoms with Crippen LogP contribution in [-0.4, -0.2) is 11.7 Å². The normalized spacial score (nSPS) is 10.5. The first-order valence-electron chi connectivity index (χ1n) is 6.08. The van der Waals surface area contributed by atoms with Crippen LogP contribution in [0.3, 0.4) is 0 Å². The Hall–Kier alpha value is -3.44. The second kappa shape index (κ2) is 6.14. The van der Waals surface area contributed by atoms with Crippen molar-refractivity contribution in [3.8, 4) is 12.1 Å². The van der Waals surface area contributed by atoms with Gasteiger partial charge < -0.3 is 5.73 Å². The summed E-state index contributed by atoms with van der Waals surface area (Å²) >= 11 is 0. The molecule has 0 saturated heterocycles. The maximum Gasteiger partial charge on any atom is 0.154 e. The number of amidine groups is 2. The highest BCUT2D eigenvalue weighted by molar-refractivity contribution is 6.09. The van der Waals surface area contributed by atoms with Crippen LogP contribution in [0.5, 0.6) is 0 Å². The van der Waals surface area contributed by atoms with Crippen molar-refractivity contribution in [3.05, 3.63) is 70.8 Å². The van der Waals surface area contributed by atoms with Gasteiger partial charge in [0.15, 0.2) is 5.84 Å². The minimum atomic E-state index is -0.0352. The van der Waals surface area contributed by atoms with Crippen molar-refractivity contribution in [3.63, 3.8) is 0 Å². The van der Waals surface area contributed by atoms with Crippen LogP contribution in [-0.2, 0) is 0 Å². The molecule has 0 amide bonds. The van der Waals surface area contributed by atoms with E-state index in [-0.39, 0.29) is 11.7 Å². The third-order valence-electron chi connectivity index (χ3n) is 2.78. The van der Waals surface area contributed by atoms with Crippen LogP contribution in [0.2, 0.25) is 0 Å². The lowest BCUT2D eigenvalue weighted by atomic mass is 10.1. The van der Waals surface area contributed by atoms with Gasteiger partial charge in [-0.25, -0.2) is 4.99 Å². The van der Waals surface area contributed by atoms with Crippen LogP contribution in [0.25, 0.3) is 0 Å². The van der Waals surface area contributed by atoms with Crippen molar-refractivity contribution in [2.45, 2.75) is 0 Å². The first-order valence-corrected chi connectivity index (χ1v) is 6.08. The molecule has 0 atom stereocenters. The van der Waals surface area contributed by atoms with Crippen LogP contribution in [0.4, 0.5) is 0 Å². The van der Waals surface area contributed by atoms with Crippen LogP contribution >= 0.6 is 0 Å². The Labute approximate surface area is 122 Å². The van der Waals surface area contributed by atoms with Gasteiger partial charge in [-0.3, -0.25) is 5.41 Å². The molecule has 100 valence electrons. The van der Waals surface area contributed by atoms with E-state index in [2.05, 4.69) is 4.99 Å². The van der Waals surface area contributed by atoms with E-state index < -0.39 is 0 Å². The third kappa shape index (κ3) is 3.31. The molecule has 0 heterocycles. The average Bonchev–Trinajstić information content (AvgIpc) is 2.54. The summed E-state index contributed by atoms with van der Waals surface area (Å²) in [5.74, 6) is 0.117. The Kier molecular flexibility index (Phi) is 4.09. The number of nitrogens with one attached hydrogen (secondary N) is 1. The molecule has 2 aromatic carbocycles. The first kappa shape index (κ1) is 14.0. The molecule has 2 aromatic rings. The van der Waals surface area contributed by atoms with E-state index in [0.29, 0.717) is 22.3 Å². The van der Waals surface area contributed by atoms with Gasteiger partial charge in [0.1, 0.15) is 5.84 Å². The van der Waals surface area contributed by atoms with Crippen molar-refractivity contribution in [1.82, 2.24) is 0 Å². The highest BCUT2D eigenvalue weighted by Crippen LogP contribution is 2.08. The van der Waals surface area contributed by atoms with E-state index in [0.717, 1.165) is 0 Å². The van der Waals surface area contributed by atoms with E-state index in [1.54, 1.807) is 48.5 Å². The lowest BCUT2D eigenvalue weighted by Gasteiger charge is -2.03. The van der Waals surface area contributed by atoms with Crippen LogP contribution in [0.15, 0.2) is 53.5 Å². The highest BCUT2D eigenvalue weighted by atomic mass is 14.9. The Morgan fingerprint density at radius 2 is 1.48 bits per heavy atom. The van der Waals surface area contributed by atoms with E-state index in [1.165, 1.54) is 0 Å². The number of aliphatic imine (C=N–C) groups is 1. The summed E-state index contributed by atoms with van der Waals surface area (Å²) in [5.41, 5.74) is 7.88. The topological polar surface area (TPSA) is 110 Å². The van der Waals surface area contributed by atoms with Crippen molar-refractivity contribution in [2.24, 2.45) is 10.7 Å². The lowest BCUT2D eigenvalue weighted by Crippen LogP contribution is -2.16. The fourth-order valence-corrected chi connectivity index (χ4v) is 1.73. The summed E-state index contributed by atoms with van der Waals surface area (Å²) in [7, 11) is 0. The molecule has 0 bridgehead atoms. The predicted molar refractivity (Wildman–Crippen MR) is 79.9 cm³/mol. The molecular weight excluding hydrogens is 262 g/mol. The van der Waals surface area contributed by atoms with Gasteiger partial charge in [-0.2, -0.15) is 10.5 Å². The standard InChI is InChI=1S/C16H11N5/c17-9-11-3-1-5-13(7-11)15(19)21-16(20)14-6-2-4-12(8-14)10-18/h1-8H,(H3,19,20,21). The maximum absolute atomic E-state index is 8.86. The van der Waals surface area contributed by atoms with Crippen LogP contribution in [0, 0.1) is 28.1 Å². The molecule has 21 heavy (non-hydrogen) atoms. The quantitative estimate of drug-likeness (QED) is 0.646. The minimum Gasteiger partial charge on any atom is -0.383 e. The summed E-state index contributed by atoms with van der Waals surface area (Å²) in [6.07, 6.45) is 0. The SMILES string of the molecule is N#Cc1cccc(C(=N)N=C(N)c2cccc(C#N)c2)c1. The molecule has 0 aliphatic rings. The average molecular weight is 273 g/mol. The molecule has 5 nitrogen and oxygen atoms in total. The van der Waals surface area contributed by atoms with E-state index in [1.807, 2.05) is 12.1 Å². The molecule has 5 heteroatoms. The zero-order chi connectivity index (χ0) is 15.2. The molecule has 0 aliphatic heterocycles. The summed E-state index contributed by atoms with van der Waals surface area (Å²) in [4.78, 5) is 4.03. The van der Waals surface area contributed by atoms with Gasteiger partial charge in [0.2, 0.25) is 0 Å². The van der Waals surface area contributed by atoms with Crippen LogP contribution in [0.1, 0.15) is 22.3 Å². The van der Waals surface area contributed by atoms with Crippen molar-refractivity contribution in [1.29, 1.82) is 15.9 Å². The molecule has 0 fully saturated rings. The van der Waals surface area contributed by atoms with Crippen molar-refractivity contribution >= 4 is 11.7 Å². The Morgan fingerprint density at radius 1 is 0.952 bits per heavy atom. The zero-order valence-electron chi connectivity index (χ0n) is 11.0. The molecule has 0 radical (unpaired) electrons. The Balaban J connectivity index is 2.31. The molecule has 0 spiro atoms. The number of hydrogen-bond donors (Lipinski definition) is 2. The molecular formula is C16H11N5. The Bertz CT molecular complexity index is 806. The fourth-order valence-electron chi connectivity index (χ4n) is 1.73. The van der Waals surface area contributed by atoms with Crippen molar-refractivity contribution in [2.75, 3.05) is 0 Å². The van der Waals surface area contributed by atoms with Crippen molar-refractivity contribution < 1.29 is 0 Å². The molecule has 3 N–H and O–H groups in total. The largest absolute Gasteiger partial charge is 0.383 e. The van der Waals surface area contributed by atoms with Gasteiger partial charge in [0.05, 0.1) is 23.3 Å². The number of nitrogens with zero attached hydrogens (tertiary/aromatic N) is 3. The maximum atomic E-state index is 8.86. The summed E-state index contributed by atoms with van der Waals surface area (Å²) in [5, 5.41) is 25.6. The number of nitrogens with two attached hydrogens (primary N) is 1. The van der Waals surface area contributed by atoms with Gasteiger partial charge in [-0.05, 0) is 24.3 Å². The predicted octanol–water partition coefficient (Wildman–Crippen LogP) is 2.16. The van der Waals surface area contributed by atoms with Gasteiger partial charge in [-0.15, -0.1) is 0 Å². The summed E-state index contributed by atoms with van der Waals surface area (Å²) < 4.78 is 0. The molecule has 2 rings (SSSR count). The summed E-state index contributed by atoms with van der Waals surface area (Å²) in [6, 6.07) is 17.3. The van der Waals surface area contributed by atoms with Gasteiger partial charge >= 0.3 is 0 Å². The first-order chi connectivity index (χ1) is 10.1. The van der Waals surface area contributed by atoms with E-state index >= 15 is 0 Å². The second-order valence-electron chi connectivity index (χ2n) is 4.23. The monoisotopic (exact) mass is 273 g/mol. The van der Waals surface area contributed by atoms with Gasteiger partial charge in [-0.1, -0.05) is 24.3 Å². The minimum absolute atomic E-state index is 0.0352. The summed E-state index contributed by atoms with van der Waals surface area (Å²) in [6.45, 7) is 0. The highest BCUT2D eigenvalue weighted by Gasteiger charge is 2.05. The Morgan fingerprint density at radius 3 is 2.05 bits per heavy atom.